The molecule has 0 amide bonds. The zero-order valence-corrected chi connectivity index (χ0v) is 13.1. The van der Waals surface area contributed by atoms with Crippen molar-refractivity contribution in [1.29, 1.82) is 0 Å². The summed E-state index contributed by atoms with van der Waals surface area (Å²) in [6, 6.07) is 6.71. The smallest absolute Gasteiger partial charge is 0.0745 e. The van der Waals surface area contributed by atoms with Gasteiger partial charge in [-0.2, -0.15) is 0 Å². The number of aryl methyl sites for hydroxylation is 4. The van der Waals surface area contributed by atoms with E-state index in [9.17, 15) is 0 Å². The number of alkyl halides is 1. The van der Waals surface area contributed by atoms with Crippen LogP contribution >= 0.6 is 27.3 Å². The van der Waals surface area contributed by atoms with Crippen LogP contribution in [0.2, 0.25) is 0 Å². The molecule has 0 spiro atoms. The summed E-state index contributed by atoms with van der Waals surface area (Å²) in [7, 11) is 0. The lowest BCUT2D eigenvalue weighted by atomic mass is 9.96. The normalized spacial score (nSPS) is 12.8. The predicted molar refractivity (Wildman–Crippen MR) is 80.5 cm³/mol. The lowest BCUT2D eigenvalue weighted by Gasteiger charge is -2.17. The van der Waals surface area contributed by atoms with Gasteiger partial charge in [-0.3, -0.25) is 0 Å². The number of hydrogen-bond acceptors (Lipinski definition) is 1. The SMILES string of the molecule is Cc1cc(C)c(C(Br)c2sccc2C)c(C)c1. The Kier molecular flexibility index (Phi) is 3.74. The average molecular weight is 309 g/mol. The fraction of sp³-hybridized carbons (Fsp3) is 0.333. The fourth-order valence-electron chi connectivity index (χ4n) is 2.37. The molecular formula is C15H17BrS. The van der Waals surface area contributed by atoms with Gasteiger partial charge < -0.3 is 0 Å². The van der Waals surface area contributed by atoms with Crippen LogP contribution in [-0.4, -0.2) is 0 Å². The molecule has 2 aromatic rings. The van der Waals surface area contributed by atoms with Gasteiger partial charge in [-0.1, -0.05) is 33.6 Å². The van der Waals surface area contributed by atoms with Crippen LogP contribution in [0.15, 0.2) is 23.6 Å². The Labute approximate surface area is 116 Å². The molecule has 1 heterocycles. The number of rotatable bonds is 2. The third-order valence-corrected chi connectivity index (χ3v) is 5.43. The maximum atomic E-state index is 3.86. The summed E-state index contributed by atoms with van der Waals surface area (Å²) in [5.74, 6) is 0. The van der Waals surface area contributed by atoms with Gasteiger partial charge in [-0.25, -0.2) is 0 Å². The van der Waals surface area contributed by atoms with Crippen LogP contribution in [0, 0.1) is 27.7 Å². The lowest BCUT2D eigenvalue weighted by Crippen LogP contribution is -1.99. The first kappa shape index (κ1) is 12.8. The molecular weight excluding hydrogens is 292 g/mol. The molecule has 0 fully saturated rings. The maximum absolute atomic E-state index is 3.86. The molecule has 17 heavy (non-hydrogen) atoms. The van der Waals surface area contributed by atoms with Crippen LogP contribution in [0.3, 0.4) is 0 Å². The molecule has 0 aliphatic carbocycles. The predicted octanol–water partition coefficient (Wildman–Crippen LogP) is 5.47. The molecule has 1 aromatic heterocycles. The molecule has 2 rings (SSSR count). The van der Waals surface area contributed by atoms with Gasteiger partial charge in [0.25, 0.3) is 0 Å². The highest BCUT2D eigenvalue weighted by Gasteiger charge is 2.18. The van der Waals surface area contributed by atoms with Crippen LogP contribution < -0.4 is 0 Å². The van der Waals surface area contributed by atoms with E-state index in [0.29, 0.717) is 4.83 Å². The standard InChI is InChI=1S/C15H17BrS/c1-9-7-11(3)13(12(4)8-9)14(16)15-10(2)5-6-17-15/h5-8,14H,1-4H3. The van der Waals surface area contributed by atoms with E-state index in [2.05, 4.69) is 67.2 Å². The van der Waals surface area contributed by atoms with E-state index in [4.69, 9.17) is 0 Å². The quantitative estimate of drug-likeness (QED) is 0.646. The molecule has 1 atom stereocenters. The summed E-state index contributed by atoms with van der Waals surface area (Å²) >= 11 is 5.69. The first-order valence-electron chi connectivity index (χ1n) is 5.76. The first-order chi connectivity index (χ1) is 8.00. The van der Waals surface area contributed by atoms with Crippen molar-refractivity contribution in [3.63, 3.8) is 0 Å². The monoisotopic (exact) mass is 308 g/mol. The third-order valence-electron chi connectivity index (χ3n) is 3.12. The molecule has 0 saturated heterocycles. The van der Waals surface area contributed by atoms with Gasteiger partial charge in [0.15, 0.2) is 0 Å². The summed E-state index contributed by atoms with van der Waals surface area (Å²) in [6.07, 6.45) is 0. The summed E-state index contributed by atoms with van der Waals surface area (Å²) in [5, 5.41) is 2.16. The second-order valence-corrected chi connectivity index (χ2v) is 6.51. The maximum Gasteiger partial charge on any atom is 0.0745 e. The van der Waals surface area contributed by atoms with E-state index in [1.807, 2.05) is 11.3 Å². The van der Waals surface area contributed by atoms with E-state index in [0.717, 1.165) is 0 Å². The molecule has 0 aliphatic rings. The number of benzene rings is 1. The second kappa shape index (κ2) is 4.95. The van der Waals surface area contributed by atoms with Gasteiger partial charge in [0.05, 0.1) is 4.83 Å². The van der Waals surface area contributed by atoms with E-state index in [1.165, 1.54) is 32.7 Å². The Bertz CT molecular complexity index is 517. The van der Waals surface area contributed by atoms with Crippen molar-refractivity contribution in [1.82, 2.24) is 0 Å². The molecule has 0 radical (unpaired) electrons. The lowest BCUT2D eigenvalue weighted by molar-refractivity contribution is 1.11. The van der Waals surface area contributed by atoms with Crippen LogP contribution in [0.4, 0.5) is 0 Å². The van der Waals surface area contributed by atoms with Gasteiger partial charge in [-0.15, -0.1) is 11.3 Å². The van der Waals surface area contributed by atoms with Crippen LogP contribution in [0.25, 0.3) is 0 Å². The molecule has 0 bridgehead atoms. The molecule has 1 unspecified atom stereocenters. The highest BCUT2D eigenvalue weighted by molar-refractivity contribution is 9.09. The minimum atomic E-state index is 0.322. The zero-order valence-electron chi connectivity index (χ0n) is 10.7. The van der Waals surface area contributed by atoms with E-state index in [1.54, 1.807) is 0 Å². The van der Waals surface area contributed by atoms with Crippen LogP contribution in [-0.2, 0) is 0 Å². The fourth-order valence-corrected chi connectivity index (χ4v) is 4.68. The molecule has 0 nitrogen and oxygen atoms in total. The first-order valence-corrected chi connectivity index (χ1v) is 7.56. The van der Waals surface area contributed by atoms with E-state index < -0.39 is 0 Å². The molecule has 0 N–H and O–H groups in total. The largest absolute Gasteiger partial charge is 0.147 e. The zero-order chi connectivity index (χ0) is 12.6. The van der Waals surface area contributed by atoms with Crippen LogP contribution in [0.5, 0.6) is 0 Å². The topological polar surface area (TPSA) is 0 Å². The molecule has 90 valence electrons. The summed E-state index contributed by atoms with van der Waals surface area (Å²) in [4.78, 5) is 1.74. The van der Waals surface area contributed by atoms with Crippen molar-refractivity contribution in [2.24, 2.45) is 0 Å². The minimum absolute atomic E-state index is 0.322. The van der Waals surface area contributed by atoms with Crippen molar-refractivity contribution >= 4 is 27.3 Å². The summed E-state index contributed by atoms with van der Waals surface area (Å²) < 4.78 is 0. The molecule has 0 saturated carbocycles. The van der Waals surface area contributed by atoms with Crippen molar-refractivity contribution < 1.29 is 0 Å². The second-order valence-electron chi connectivity index (χ2n) is 4.64. The average Bonchev–Trinajstić information content (AvgIpc) is 2.62. The molecule has 1 aromatic carbocycles. The van der Waals surface area contributed by atoms with Crippen LogP contribution in [0.1, 0.15) is 37.5 Å². The Morgan fingerprint density at radius 3 is 2.06 bits per heavy atom. The van der Waals surface area contributed by atoms with Crippen molar-refractivity contribution in [3.05, 3.63) is 56.3 Å². The Morgan fingerprint density at radius 2 is 1.59 bits per heavy atom. The van der Waals surface area contributed by atoms with Gasteiger partial charge in [0.2, 0.25) is 0 Å². The summed E-state index contributed by atoms with van der Waals surface area (Å²) in [5.41, 5.74) is 6.87. The number of thiophene rings is 1. The Morgan fingerprint density at radius 1 is 1.00 bits per heavy atom. The molecule has 0 aliphatic heterocycles. The van der Waals surface area contributed by atoms with Gasteiger partial charge >= 0.3 is 0 Å². The van der Waals surface area contributed by atoms with Crippen molar-refractivity contribution in [3.8, 4) is 0 Å². The molecule has 2 heteroatoms. The van der Waals surface area contributed by atoms with Gasteiger partial charge in [-0.05, 0) is 61.4 Å². The highest BCUT2D eigenvalue weighted by atomic mass is 79.9. The van der Waals surface area contributed by atoms with E-state index >= 15 is 0 Å². The highest BCUT2D eigenvalue weighted by Crippen LogP contribution is 2.39. The van der Waals surface area contributed by atoms with Crippen molar-refractivity contribution in [2.45, 2.75) is 32.5 Å². The number of hydrogen-bond donors (Lipinski definition) is 0. The van der Waals surface area contributed by atoms with E-state index in [-0.39, 0.29) is 0 Å². The Hall–Kier alpha value is -0.600. The van der Waals surface area contributed by atoms with Gasteiger partial charge in [0, 0.05) is 4.88 Å². The minimum Gasteiger partial charge on any atom is -0.147 e. The Balaban J connectivity index is 2.51. The third kappa shape index (κ3) is 2.48. The van der Waals surface area contributed by atoms with Crippen molar-refractivity contribution in [2.75, 3.05) is 0 Å². The van der Waals surface area contributed by atoms with Gasteiger partial charge in [0.1, 0.15) is 0 Å². The number of halogens is 1. The summed E-state index contributed by atoms with van der Waals surface area (Å²) in [6.45, 7) is 8.74.